The van der Waals surface area contributed by atoms with Gasteiger partial charge >= 0.3 is 5.97 Å². The van der Waals surface area contributed by atoms with E-state index in [9.17, 15) is 4.79 Å². The lowest BCUT2D eigenvalue weighted by molar-refractivity contribution is -0.131. The van der Waals surface area contributed by atoms with Crippen molar-refractivity contribution in [2.75, 3.05) is 0 Å². The Morgan fingerprint density at radius 1 is 1.58 bits per heavy atom. The summed E-state index contributed by atoms with van der Waals surface area (Å²) in [5, 5.41) is 8.34. The summed E-state index contributed by atoms with van der Waals surface area (Å²) in [6.07, 6.45) is 1.48. The Balaban J connectivity index is 4.49. The molecule has 1 N–H and O–H groups in total. The maximum absolute atomic E-state index is 10.3. The van der Waals surface area contributed by atoms with Crippen molar-refractivity contribution >= 4 is 22.7 Å². The largest absolute Gasteiger partial charge is 0.478 e. The lowest BCUT2D eigenvalue weighted by Gasteiger charge is -1.93. The zero-order valence-electron chi connectivity index (χ0n) is 6.97. The average molecular weight is 188 g/mol. The predicted molar refractivity (Wildman–Crippen MR) is 49.5 cm³/mol. The molecule has 0 aliphatic carbocycles. The number of aliphatic carboxylic acids is 1. The minimum atomic E-state index is -1.16. The average Bonchev–Trinajstić information content (AvgIpc) is 1.98. The van der Waals surface area contributed by atoms with Gasteiger partial charge in [-0.15, -0.1) is 0 Å². The van der Waals surface area contributed by atoms with Gasteiger partial charge in [0.15, 0.2) is 0 Å². The van der Waals surface area contributed by atoms with Crippen LogP contribution in [0.15, 0.2) is 28.9 Å². The van der Waals surface area contributed by atoms with Crippen molar-refractivity contribution in [1.29, 1.82) is 0 Å². The molecule has 3 nitrogen and oxygen atoms in total. The van der Waals surface area contributed by atoms with Crippen LogP contribution in [-0.4, -0.2) is 16.2 Å². The molecule has 0 spiro atoms. The molecule has 0 aromatic heterocycles. The second-order valence-corrected chi connectivity index (χ2v) is 2.77. The molecular formula is C8H10ClNO2. The summed E-state index contributed by atoms with van der Waals surface area (Å²) in [7, 11) is 0. The molecule has 0 radical (unpaired) electrons. The summed E-state index contributed by atoms with van der Waals surface area (Å²) in [4.78, 5) is 14.0. The quantitative estimate of drug-likeness (QED) is 0.544. The predicted octanol–water partition coefficient (Wildman–Crippen LogP) is 2.19. The third-order valence-corrected chi connectivity index (χ3v) is 1.27. The maximum atomic E-state index is 10.3. The SMILES string of the molecule is C=C(C(=O)O)/C(Cl)=N\C=C(C)C. The topological polar surface area (TPSA) is 49.7 Å². The van der Waals surface area contributed by atoms with Crippen molar-refractivity contribution in [3.8, 4) is 0 Å². The van der Waals surface area contributed by atoms with E-state index in [-0.39, 0.29) is 10.7 Å². The first-order chi connectivity index (χ1) is 5.45. The Bertz CT molecular complexity index is 262. The van der Waals surface area contributed by atoms with Gasteiger partial charge in [-0.3, -0.25) is 0 Å². The van der Waals surface area contributed by atoms with E-state index >= 15 is 0 Å². The fourth-order valence-electron chi connectivity index (χ4n) is 0.352. The number of halogens is 1. The number of rotatable bonds is 3. The van der Waals surface area contributed by atoms with Gasteiger partial charge in [-0.1, -0.05) is 23.8 Å². The van der Waals surface area contributed by atoms with Crippen molar-refractivity contribution < 1.29 is 9.90 Å². The maximum Gasteiger partial charge on any atom is 0.338 e. The molecule has 0 saturated heterocycles. The highest BCUT2D eigenvalue weighted by Gasteiger charge is 2.07. The van der Waals surface area contributed by atoms with Gasteiger partial charge in [0.1, 0.15) is 5.17 Å². The van der Waals surface area contributed by atoms with Crippen molar-refractivity contribution in [1.82, 2.24) is 0 Å². The Morgan fingerprint density at radius 2 is 2.08 bits per heavy atom. The highest BCUT2D eigenvalue weighted by Crippen LogP contribution is 2.02. The van der Waals surface area contributed by atoms with Gasteiger partial charge in [-0.2, -0.15) is 0 Å². The van der Waals surface area contributed by atoms with Crippen LogP contribution in [0.2, 0.25) is 0 Å². The fraction of sp³-hybridized carbons (Fsp3) is 0.250. The molecule has 66 valence electrons. The van der Waals surface area contributed by atoms with Gasteiger partial charge < -0.3 is 5.11 Å². The molecule has 0 aliphatic heterocycles. The summed E-state index contributed by atoms with van der Waals surface area (Å²) in [6, 6.07) is 0. The summed E-state index contributed by atoms with van der Waals surface area (Å²) >= 11 is 5.50. The zero-order valence-corrected chi connectivity index (χ0v) is 7.72. The van der Waals surface area contributed by atoms with E-state index in [1.807, 2.05) is 13.8 Å². The van der Waals surface area contributed by atoms with Gasteiger partial charge in [0.05, 0.1) is 5.57 Å². The van der Waals surface area contributed by atoms with E-state index in [2.05, 4.69) is 11.6 Å². The van der Waals surface area contributed by atoms with E-state index in [0.717, 1.165) is 5.57 Å². The van der Waals surface area contributed by atoms with Crippen LogP contribution in [0.3, 0.4) is 0 Å². The summed E-state index contributed by atoms with van der Waals surface area (Å²) in [6.45, 7) is 6.90. The Hall–Kier alpha value is -1.09. The number of carbonyl (C=O) groups is 1. The third-order valence-electron chi connectivity index (χ3n) is 0.943. The number of hydrogen-bond donors (Lipinski definition) is 1. The fourth-order valence-corrected chi connectivity index (χ4v) is 0.482. The van der Waals surface area contributed by atoms with E-state index < -0.39 is 5.97 Å². The van der Waals surface area contributed by atoms with Crippen LogP contribution in [-0.2, 0) is 4.79 Å². The molecule has 12 heavy (non-hydrogen) atoms. The first-order valence-corrected chi connectivity index (χ1v) is 3.62. The van der Waals surface area contributed by atoms with Crippen LogP contribution in [0.4, 0.5) is 0 Å². The molecular weight excluding hydrogens is 178 g/mol. The van der Waals surface area contributed by atoms with E-state index in [0.29, 0.717) is 0 Å². The molecule has 0 unspecified atom stereocenters. The number of carboxylic acids is 1. The lowest BCUT2D eigenvalue weighted by atomic mass is 10.3. The smallest absolute Gasteiger partial charge is 0.338 e. The molecule has 0 saturated carbocycles. The standard InChI is InChI=1S/C8H10ClNO2/c1-5(2)4-10-7(9)6(3)8(11)12/h4H,3H2,1-2H3,(H,11,12)/b10-7+. The van der Waals surface area contributed by atoms with Gasteiger partial charge in [-0.25, -0.2) is 9.79 Å². The van der Waals surface area contributed by atoms with E-state index in [4.69, 9.17) is 16.7 Å². The van der Waals surface area contributed by atoms with Crippen molar-refractivity contribution in [3.63, 3.8) is 0 Å². The van der Waals surface area contributed by atoms with E-state index in [1.165, 1.54) is 6.20 Å². The molecule has 0 amide bonds. The molecule has 0 aromatic carbocycles. The first-order valence-electron chi connectivity index (χ1n) is 3.24. The summed E-state index contributed by atoms with van der Waals surface area (Å²) in [5.41, 5.74) is 0.737. The molecule has 0 atom stereocenters. The van der Waals surface area contributed by atoms with Crippen LogP contribution in [0.25, 0.3) is 0 Å². The van der Waals surface area contributed by atoms with Crippen molar-refractivity contribution in [3.05, 3.63) is 23.9 Å². The van der Waals surface area contributed by atoms with E-state index in [1.54, 1.807) is 0 Å². The number of carboxylic acid groups (broad SMARTS) is 1. The molecule has 0 rings (SSSR count). The summed E-state index contributed by atoms with van der Waals surface area (Å²) in [5.74, 6) is -1.16. The minimum absolute atomic E-state index is 0.0938. The van der Waals surface area contributed by atoms with Crippen molar-refractivity contribution in [2.45, 2.75) is 13.8 Å². The molecule has 0 aromatic rings. The molecule has 0 aliphatic rings. The van der Waals surface area contributed by atoms with Gasteiger partial charge in [0, 0.05) is 6.20 Å². The number of hydrogen-bond acceptors (Lipinski definition) is 2. The number of nitrogens with zero attached hydrogens (tertiary/aromatic N) is 1. The third kappa shape index (κ3) is 3.93. The van der Waals surface area contributed by atoms with Crippen LogP contribution in [0.5, 0.6) is 0 Å². The van der Waals surface area contributed by atoms with Crippen molar-refractivity contribution in [2.24, 2.45) is 4.99 Å². The van der Waals surface area contributed by atoms with Crippen LogP contribution < -0.4 is 0 Å². The van der Waals surface area contributed by atoms with Gasteiger partial charge in [0.2, 0.25) is 0 Å². The van der Waals surface area contributed by atoms with Crippen LogP contribution in [0.1, 0.15) is 13.8 Å². The minimum Gasteiger partial charge on any atom is -0.478 e. The highest BCUT2D eigenvalue weighted by molar-refractivity contribution is 6.72. The normalized spacial score (nSPS) is 10.8. The van der Waals surface area contributed by atoms with Gasteiger partial charge in [0.25, 0.3) is 0 Å². The van der Waals surface area contributed by atoms with Crippen LogP contribution >= 0.6 is 11.6 Å². The molecule has 0 bridgehead atoms. The lowest BCUT2D eigenvalue weighted by Crippen LogP contribution is -2.05. The summed E-state index contributed by atoms with van der Waals surface area (Å²) < 4.78 is 0. The zero-order chi connectivity index (χ0) is 9.72. The van der Waals surface area contributed by atoms with Gasteiger partial charge in [-0.05, 0) is 13.8 Å². The second-order valence-electron chi connectivity index (χ2n) is 2.41. The Labute approximate surface area is 76.1 Å². The highest BCUT2D eigenvalue weighted by atomic mass is 35.5. The monoisotopic (exact) mass is 187 g/mol. The number of allylic oxidation sites excluding steroid dienone is 1. The molecule has 0 heterocycles. The Morgan fingerprint density at radius 3 is 2.42 bits per heavy atom. The molecule has 4 heteroatoms. The number of aliphatic imine (C=N–C) groups is 1. The Kier molecular flexibility index (Phi) is 4.29. The molecule has 0 fully saturated rings. The second kappa shape index (κ2) is 4.72. The first kappa shape index (κ1) is 10.9. The van der Waals surface area contributed by atoms with Crippen LogP contribution in [0, 0.1) is 0 Å².